The second-order valence-electron chi connectivity index (χ2n) is 9.26. The number of carbonyl (C=O) groups is 3. The van der Waals surface area contributed by atoms with Gasteiger partial charge in [-0.15, -0.1) is 0 Å². The summed E-state index contributed by atoms with van der Waals surface area (Å²) in [7, 11) is 0. The predicted octanol–water partition coefficient (Wildman–Crippen LogP) is 7.20. The number of hydrogen-bond acceptors (Lipinski definition) is 8. The summed E-state index contributed by atoms with van der Waals surface area (Å²) in [5.41, 5.74) is 0. The number of ether oxygens (including phenoxy) is 5. The van der Waals surface area contributed by atoms with Crippen molar-refractivity contribution in [3.63, 3.8) is 0 Å². The third-order valence-corrected chi connectivity index (χ3v) is 6.11. The normalized spacial score (nSPS) is 11.0. The van der Waals surface area contributed by atoms with Gasteiger partial charge in [0.15, 0.2) is 11.5 Å². The molecule has 39 heavy (non-hydrogen) atoms. The number of esters is 3. The molecule has 0 bridgehead atoms. The van der Waals surface area contributed by atoms with Gasteiger partial charge in [-0.05, 0) is 43.2 Å². The van der Waals surface area contributed by atoms with Crippen LogP contribution >= 0.6 is 11.6 Å². The molecule has 0 aliphatic carbocycles. The number of fused-ring (bicyclic) bond motifs is 1. The van der Waals surface area contributed by atoms with Crippen molar-refractivity contribution in [1.82, 2.24) is 0 Å². The Morgan fingerprint density at radius 3 is 1.85 bits per heavy atom. The molecule has 0 saturated carbocycles. The molecule has 0 saturated heterocycles. The largest absolute Gasteiger partial charge is 0.422 e. The summed E-state index contributed by atoms with van der Waals surface area (Å²) in [4.78, 5) is 37.4. The number of rotatable bonds is 19. The zero-order valence-electron chi connectivity index (χ0n) is 23.4. The number of hydrogen-bond donors (Lipinski definition) is 0. The minimum atomic E-state index is -0.641. The smallest absolute Gasteiger partial charge is 0.311 e. The van der Waals surface area contributed by atoms with Crippen molar-refractivity contribution in [3.8, 4) is 17.2 Å². The van der Waals surface area contributed by atoms with E-state index in [0.29, 0.717) is 55.1 Å². The fourth-order valence-corrected chi connectivity index (χ4v) is 4.10. The van der Waals surface area contributed by atoms with E-state index in [0.717, 1.165) is 38.5 Å². The third-order valence-electron chi connectivity index (χ3n) is 5.80. The van der Waals surface area contributed by atoms with Crippen molar-refractivity contribution >= 4 is 40.3 Å². The fourth-order valence-electron chi connectivity index (χ4n) is 3.83. The van der Waals surface area contributed by atoms with Gasteiger partial charge in [-0.1, -0.05) is 63.3 Å². The first-order valence-electron chi connectivity index (χ1n) is 13.9. The molecule has 8 nitrogen and oxygen atoms in total. The zero-order valence-corrected chi connectivity index (χ0v) is 24.1. The van der Waals surface area contributed by atoms with Crippen LogP contribution in [0.1, 0.15) is 85.0 Å². The molecule has 216 valence electrons. The Balaban J connectivity index is 2.17. The molecule has 0 aromatic heterocycles. The van der Waals surface area contributed by atoms with Gasteiger partial charge >= 0.3 is 17.9 Å². The van der Waals surface area contributed by atoms with Crippen LogP contribution in [-0.2, 0) is 23.9 Å². The van der Waals surface area contributed by atoms with E-state index in [-0.39, 0.29) is 30.1 Å². The Morgan fingerprint density at radius 2 is 1.28 bits per heavy atom. The van der Waals surface area contributed by atoms with Gasteiger partial charge in [-0.3, -0.25) is 14.4 Å². The van der Waals surface area contributed by atoms with Gasteiger partial charge in [0.1, 0.15) is 0 Å². The van der Waals surface area contributed by atoms with Gasteiger partial charge in [0, 0.05) is 51.6 Å². The van der Waals surface area contributed by atoms with Gasteiger partial charge in [-0.2, -0.15) is 0 Å². The first-order valence-corrected chi connectivity index (χ1v) is 14.3. The van der Waals surface area contributed by atoms with E-state index in [1.165, 1.54) is 6.92 Å². The average Bonchev–Trinajstić information content (AvgIpc) is 2.89. The van der Waals surface area contributed by atoms with Gasteiger partial charge in [0.05, 0.1) is 5.02 Å². The predicted molar refractivity (Wildman–Crippen MR) is 151 cm³/mol. The van der Waals surface area contributed by atoms with Crippen LogP contribution in [0.4, 0.5) is 0 Å². The lowest BCUT2D eigenvalue weighted by Crippen LogP contribution is -2.15. The highest BCUT2D eigenvalue weighted by molar-refractivity contribution is 6.36. The Kier molecular flexibility index (Phi) is 15.5. The molecule has 0 N–H and O–H groups in total. The maximum Gasteiger partial charge on any atom is 0.311 e. The quantitative estimate of drug-likeness (QED) is 0.100. The van der Waals surface area contributed by atoms with Gasteiger partial charge < -0.3 is 23.7 Å². The van der Waals surface area contributed by atoms with Crippen LogP contribution in [0.3, 0.4) is 0 Å². The molecule has 0 aliphatic heterocycles. The van der Waals surface area contributed by atoms with Gasteiger partial charge in [0.2, 0.25) is 5.75 Å². The SMILES string of the molecule is CCCCCOCCCC(=O)Oc1cc2cccc(Cl)c2c(OC(C)=O)c1OC(=O)CCCOCCCCC. The van der Waals surface area contributed by atoms with E-state index < -0.39 is 17.9 Å². The van der Waals surface area contributed by atoms with E-state index in [1.807, 2.05) is 0 Å². The minimum absolute atomic E-state index is 0.0287. The molecule has 2 aromatic carbocycles. The minimum Gasteiger partial charge on any atom is -0.422 e. The summed E-state index contributed by atoms with van der Waals surface area (Å²) in [5, 5.41) is 1.22. The van der Waals surface area contributed by atoms with E-state index in [2.05, 4.69) is 13.8 Å². The lowest BCUT2D eigenvalue weighted by Gasteiger charge is -2.17. The Hall–Kier alpha value is -2.68. The monoisotopic (exact) mass is 564 g/mol. The second-order valence-corrected chi connectivity index (χ2v) is 9.67. The summed E-state index contributed by atoms with van der Waals surface area (Å²) in [6, 6.07) is 6.63. The topological polar surface area (TPSA) is 97.4 Å². The number of carbonyl (C=O) groups excluding carboxylic acids is 3. The van der Waals surface area contributed by atoms with E-state index in [9.17, 15) is 14.4 Å². The van der Waals surface area contributed by atoms with Crippen molar-refractivity contribution in [3.05, 3.63) is 29.3 Å². The lowest BCUT2D eigenvalue weighted by molar-refractivity contribution is -0.138. The first kappa shape index (κ1) is 32.5. The van der Waals surface area contributed by atoms with Crippen molar-refractivity contribution in [2.24, 2.45) is 0 Å². The summed E-state index contributed by atoms with van der Waals surface area (Å²) in [6.45, 7) is 7.63. The van der Waals surface area contributed by atoms with Gasteiger partial charge in [-0.25, -0.2) is 0 Å². The standard InChI is InChI=1S/C30H41ClO8/c1-4-6-8-17-35-19-11-15-26(33)38-25-21-23-13-10-14-24(31)28(23)30(37-22(3)32)29(25)39-27(34)16-12-20-36-18-9-7-5-2/h10,13-14,21H,4-9,11-12,15-20H2,1-3H3. The Labute approximate surface area is 236 Å². The van der Waals surface area contributed by atoms with Crippen LogP contribution in [0.5, 0.6) is 17.2 Å². The summed E-state index contributed by atoms with van der Waals surface area (Å²) >= 11 is 6.43. The average molecular weight is 565 g/mol. The molecule has 0 amide bonds. The molecular weight excluding hydrogens is 524 g/mol. The van der Waals surface area contributed by atoms with E-state index in [1.54, 1.807) is 24.3 Å². The molecule has 2 aromatic rings. The number of unbranched alkanes of at least 4 members (excludes halogenated alkanes) is 4. The Morgan fingerprint density at radius 1 is 0.718 bits per heavy atom. The number of benzene rings is 2. The van der Waals surface area contributed by atoms with Crippen LogP contribution in [0, 0.1) is 0 Å². The Bertz CT molecular complexity index is 1070. The summed E-state index contributed by atoms with van der Waals surface area (Å²) in [6.07, 6.45) is 7.49. The number of halogens is 1. The van der Waals surface area contributed by atoms with Crippen LogP contribution in [0.25, 0.3) is 10.8 Å². The van der Waals surface area contributed by atoms with Crippen LogP contribution in [0.2, 0.25) is 5.02 Å². The zero-order chi connectivity index (χ0) is 28.5. The van der Waals surface area contributed by atoms with Gasteiger partial charge in [0.25, 0.3) is 0 Å². The lowest BCUT2D eigenvalue weighted by atomic mass is 10.1. The molecule has 0 radical (unpaired) electrons. The molecular formula is C30H41ClO8. The maximum atomic E-state index is 12.8. The third kappa shape index (κ3) is 11.9. The van der Waals surface area contributed by atoms with Crippen molar-refractivity contribution in [2.45, 2.75) is 85.0 Å². The highest BCUT2D eigenvalue weighted by Gasteiger charge is 2.25. The van der Waals surface area contributed by atoms with Crippen molar-refractivity contribution < 1.29 is 38.1 Å². The van der Waals surface area contributed by atoms with Crippen molar-refractivity contribution in [1.29, 1.82) is 0 Å². The molecule has 0 heterocycles. The first-order chi connectivity index (χ1) is 18.9. The molecule has 0 aliphatic rings. The van der Waals surface area contributed by atoms with Crippen LogP contribution < -0.4 is 14.2 Å². The van der Waals surface area contributed by atoms with Crippen molar-refractivity contribution in [2.75, 3.05) is 26.4 Å². The van der Waals surface area contributed by atoms with Crippen LogP contribution in [-0.4, -0.2) is 44.3 Å². The molecule has 0 fully saturated rings. The highest BCUT2D eigenvalue weighted by atomic mass is 35.5. The molecule has 0 unspecified atom stereocenters. The summed E-state index contributed by atoms with van der Waals surface area (Å²) < 4.78 is 27.8. The van der Waals surface area contributed by atoms with E-state index >= 15 is 0 Å². The molecule has 9 heteroatoms. The maximum absolute atomic E-state index is 12.8. The second kappa shape index (κ2) is 18.6. The highest BCUT2D eigenvalue weighted by Crippen LogP contribution is 2.46. The fraction of sp³-hybridized carbons (Fsp3) is 0.567. The molecule has 2 rings (SSSR count). The summed E-state index contributed by atoms with van der Waals surface area (Å²) in [5.74, 6) is -2.01. The molecule has 0 spiro atoms. The van der Waals surface area contributed by atoms with E-state index in [4.69, 9.17) is 35.3 Å². The van der Waals surface area contributed by atoms with Crippen LogP contribution in [0.15, 0.2) is 24.3 Å². The molecule has 0 atom stereocenters.